The fraction of sp³-hybridized carbons (Fsp3) is 0.429. The Morgan fingerprint density at radius 3 is 2.32 bits per heavy atom. The quantitative estimate of drug-likeness (QED) is 0.807. The van der Waals surface area contributed by atoms with Gasteiger partial charge < -0.3 is 10.6 Å². The molecule has 2 rings (SSSR count). The zero-order chi connectivity index (χ0) is 21.2. The van der Waals surface area contributed by atoms with E-state index < -0.39 is 22.5 Å². The van der Waals surface area contributed by atoms with E-state index in [9.17, 15) is 20.1 Å². The van der Waals surface area contributed by atoms with Gasteiger partial charge >= 0.3 is 0 Å². The fourth-order valence-electron chi connectivity index (χ4n) is 3.35. The summed E-state index contributed by atoms with van der Waals surface area (Å²) in [6, 6.07) is 8.08. The summed E-state index contributed by atoms with van der Waals surface area (Å²) in [7, 11) is 0. The number of nitrogens with one attached hydrogen (secondary N) is 2. The largest absolute Gasteiger partial charge is 0.325 e. The van der Waals surface area contributed by atoms with Crippen LogP contribution in [0.4, 0.5) is 5.69 Å². The van der Waals surface area contributed by atoms with Crippen LogP contribution in [0.3, 0.4) is 0 Å². The summed E-state index contributed by atoms with van der Waals surface area (Å²) in [5.74, 6) is -1.63. The van der Waals surface area contributed by atoms with Crippen molar-refractivity contribution < 1.29 is 9.59 Å². The van der Waals surface area contributed by atoms with Gasteiger partial charge in [0.05, 0.1) is 28.0 Å². The molecule has 7 heteroatoms. The molecule has 2 N–H and O–H groups in total. The number of thioether (sulfide) groups is 1. The lowest BCUT2D eigenvalue weighted by Gasteiger charge is -2.35. The molecule has 0 radical (unpaired) electrons. The number of benzene rings is 1. The Balaban J connectivity index is 2.26. The van der Waals surface area contributed by atoms with Crippen LogP contribution in [-0.4, -0.2) is 17.1 Å². The second-order valence-corrected chi connectivity index (χ2v) is 8.96. The van der Waals surface area contributed by atoms with E-state index >= 15 is 0 Å². The highest BCUT2D eigenvalue weighted by Gasteiger charge is 2.45. The van der Waals surface area contributed by atoms with Crippen LogP contribution in [0.1, 0.15) is 37.5 Å². The molecule has 1 aliphatic heterocycles. The van der Waals surface area contributed by atoms with Crippen molar-refractivity contribution in [2.45, 2.75) is 46.8 Å². The summed E-state index contributed by atoms with van der Waals surface area (Å²) in [5.41, 5.74) is 3.24. The molecule has 1 aliphatic rings. The molecule has 0 aromatic heterocycles. The second kappa shape index (κ2) is 8.08. The van der Waals surface area contributed by atoms with Crippen LogP contribution in [0.5, 0.6) is 0 Å². The summed E-state index contributed by atoms with van der Waals surface area (Å²) in [4.78, 5) is 25.0. The lowest BCUT2D eigenvalue weighted by Crippen LogP contribution is -2.45. The topological polar surface area (TPSA) is 106 Å². The van der Waals surface area contributed by atoms with Gasteiger partial charge in [-0.25, -0.2) is 0 Å². The molecule has 0 fully saturated rings. The maximum atomic E-state index is 12.7. The standard InChI is InChI=1S/C21H24N4O2S/c1-11-7-12(2)17(13(3)8-11)24-18(26)14(4)28-20-16(10-23)21(5,6)15(9-22)19(27)25-20/h7-8,14-15H,1-6H3,(H,24,26)(H,25,27)/t14-,15-/m0/s1. The summed E-state index contributed by atoms with van der Waals surface area (Å²) in [5, 5.41) is 24.3. The van der Waals surface area contributed by atoms with Crippen LogP contribution >= 0.6 is 11.8 Å². The molecule has 1 aromatic rings. The molecule has 1 aromatic carbocycles. The Labute approximate surface area is 170 Å². The minimum atomic E-state index is -0.950. The first-order chi connectivity index (χ1) is 13.0. The summed E-state index contributed by atoms with van der Waals surface area (Å²) in [6.45, 7) is 11.0. The molecule has 0 saturated carbocycles. The Bertz CT molecular complexity index is 927. The molecular weight excluding hydrogens is 372 g/mol. The first-order valence-corrected chi connectivity index (χ1v) is 9.81. The van der Waals surface area contributed by atoms with E-state index in [2.05, 4.69) is 16.7 Å². The number of rotatable bonds is 4. The molecule has 0 bridgehead atoms. The zero-order valence-electron chi connectivity index (χ0n) is 16.9. The van der Waals surface area contributed by atoms with Gasteiger partial charge in [-0.15, -0.1) is 0 Å². The smallest absolute Gasteiger partial charge is 0.243 e. The Kier molecular flexibility index (Phi) is 6.21. The molecule has 2 amide bonds. The third-order valence-electron chi connectivity index (χ3n) is 4.92. The average molecular weight is 397 g/mol. The molecule has 28 heavy (non-hydrogen) atoms. The molecule has 146 valence electrons. The number of nitriles is 2. The summed E-state index contributed by atoms with van der Waals surface area (Å²) >= 11 is 1.12. The van der Waals surface area contributed by atoms with Crippen molar-refractivity contribution in [3.8, 4) is 12.1 Å². The number of anilines is 1. The third-order valence-corrected chi connectivity index (χ3v) is 6.03. The van der Waals surface area contributed by atoms with Crippen LogP contribution in [0.15, 0.2) is 22.7 Å². The minimum absolute atomic E-state index is 0.223. The van der Waals surface area contributed by atoms with Gasteiger partial charge in [0.25, 0.3) is 0 Å². The Hall–Kier alpha value is -2.77. The summed E-state index contributed by atoms with van der Waals surface area (Å²) < 4.78 is 0. The van der Waals surface area contributed by atoms with Crippen LogP contribution < -0.4 is 10.6 Å². The van der Waals surface area contributed by atoms with E-state index in [1.165, 1.54) is 0 Å². The fourth-order valence-corrected chi connectivity index (χ4v) is 4.45. The van der Waals surface area contributed by atoms with Crippen molar-refractivity contribution in [3.63, 3.8) is 0 Å². The molecule has 0 unspecified atom stereocenters. The number of amides is 2. The lowest BCUT2D eigenvalue weighted by atomic mass is 9.72. The van der Waals surface area contributed by atoms with Gasteiger partial charge in [-0.1, -0.05) is 43.3 Å². The molecule has 1 heterocycles. The Morgan fingerprint density at radius 2 is 1.82 bits per heavy atom. The van der Waals surface area contributed by atoms with Gasteiger partial charge in [0.2, 0.25) is 11.8 Å². The van der Waals surface area contributed by atoms with Crippen molar-refractivity contribution in [1.29, 1.82) is 10.5 Å². The first kappa shape index (κ1) is 21.5. The first-order valence-electron chi connectivity index (χ1n) is 8.93. The number of hydrogen-bond acceptors (Lipinski definition) is 5. The van der Waals surface area contributed by atoms with E-state index in [0.717, 1.165) is 34.1 Å². The number of allylic oxidation sites excluding steroid dienone is 1. The van der Waals surface area contributed by atoms with Crippen molar-refractivity contribution in [1.82, 2.24) is 5.32 Å². The maximum Gasteiger partial charge on any atom is 0.243 e. The monoisotopic (exact) mass is 396 g/mol. The van der Waals surface area contributed by atoms with Crippen LogP contribution in [-0.2, 0) is 9.59 Å². The predicted molar refractivity (Wildman–Crippen MR) is 110 cm³/mol. The van der Waals surface area contributed by atoms with E-state index in [1.54, 1.807) is 20.8 Å². The van der Waals surface area contributed by atoms with Crippen molar-refractivity contribution in [2.24, 2.45) is 11.3 Å². The normalized spacial score (nSPS) is 19.3. The average Bonchev–Trinajstić information content (AvgIpc) is 2.57. The lowest BCUT2D eigenvalue weighted by molar-refractivity contribution is -0.125. The number of carbonyl (C=O) groups is 2. The molecule has 0 saturated heterocycles. The highest BCUT2D eigenvalue weighted by molar-refractivity contribution is 8.04. The number of aryl methyl sites for hydroxylation is 3. The van der Waals surface area contributed by atoms with Crippen LogP contribution in [0.2, 0.25) is 0 Å². The van der Waals surface area contributed by atoms with Gasteiger partial charge in [-0.05, 0) is 38.8 Å². The predicted octanol–water partition coefficient (Wildman–Crippen LogP) is 3.70. The minimum Gasteiger partial charge on any atom is -0.325 e. The van der Waals surface area contributed by atoms with Crippen molar-refractivity contribution in [2.75, 3.05) is 5.32 Å². The van der Waals surface area contributed by atoms with Gasteiger partial charge in [-0.3, -0.25) is 9.59 Å². The Morgan fingerprint density at radius 1 is 1.25 bits per heavy atom. The van der Waals surface area contributed by atoms with Gasteiger partial charge in [0.15, 0.2) is 0 Å². The van der Waals surface area contributed by atoms with Crippen LogP contribution in [0.25, 0.3) is 0 Å². The van der Waals surface area contributed by atoms with E-state index in [-0.39, 0.29) is 5.91 Å². The molecular formula is C21H24N4O2S. The molecule has 0 aliphatic carbocycles. The van der Waals surface area contributed by atoms with Gasteiger partial charge in [0, 0.05) is 11.1 Å². The van der Waals surface area contributed by atoms with Gasteiger partial charge in [-0.2, -0.15) is 10.5 Å². The highest BCUT2D eigenvalue weighted by Crippen LogP contribution is 2.42. The number of nitrogens with zero attached hydrogens (tertiary/aromatic N) is 2. The van der Waals surface area contributed by atoms with E-state index in [0.29, 0.717) is 10.6 Å². The van der Waals surface area contributed by atoms with Crippen LogP contribution in [0, 0.1) is 54.8 Å². The maximum absolute atomic E-state index is 12.7. The highest BCUT2D eigenvalue weighted by atomic mass is 32.2. The molecule has 0 spiro atoms. The van der Waals surface area contributed by atoms with Gasteiger partial charge in [0.1, 0.15) is 5.92 Å². The van der Waals surface area contributed by atoms with Crippen molar-refractivity contribution in [3.05, 3.63) is 39.4 Å². The van der Waals surface area contributed by atoms with Crippen molar-refractivity contribution >= 4 is 29.3 Å². The second-order valence-electron chi connectivity index (χ2n) is 7.61. The number of carbonyl (C=O) groups excluding carboxylic acids is 2. The summed E-state index contributed by atoms with van der Waals surface area (Å²) in [6.07, 6.45) is 0. The molecule has 6 nitrogen and oxygen atoms in total. The zero-order valence-corrected chi connectivity index (χ0v) is 17.7. The van der Waals surface area contributed by atoms with E-state index in [4.69, 9.17) is 0 Å². The van der Waals surface area contributed by atoms with E-state index in [1.807, 2.05) is 39.0 Å². The molecule has 2 atom stereocenters. The third kappa shape index (κ3) is 4.05. The SMILES string of the molecule is Cc1cc(C)c(NC(=O)[C@H](C)SC2=C(C#N)C(C)(C)[C@@H](C#N)C(=O)N2)c(C)c1. The number of hydrogen-bond donors (Lipinski definition) is 2.